The number of nitrogens with zero attached hydrogens (tertiary/aromatic N) is 3. The van der Waals surface area contributed by atoms with Crippen LogP contribution in [0.4, 0.5) is 42.4 Å². The number of halogens is 10. The molecule has 2 N–H and O–H groups in total. The van der Waals surface area contributed by atoms with Gasteiger partial charge in [-0.05, 0) is 29.8 Å². The third-order valence-electron chi connectivity index (χ3n) is 5.31. The van der Waals surface area contributed by atoms with Crippen molar-refractivity contribution in [3.05, 3.63) is 86.1 Å². The maximum Gasteiger partial charge on any atom is 0.417 e. The molecular formula is C24H16Cl3F7N4O. The van der Waals surface area contributed by atoms with Gasteiger partial charge in [0, 0.05) is 18.2 Å². The lowest BCUT2D eigenvalue weighted by atomic mass is 9.95. The Bertz CT molecular complexity index is 1390. The summed E-state index contributed by atoms with van der Waals surface area (Å²) in [5.41, 5.74) is 1.90. The minimum atomic E-state index is -5.14. The van der Waals surface area contributed by atoms with E-state index in [1.807, 2.05) is 0 Å². The number of hydrogen-bond donors (Lipinski definition) is 1. The number of allylic oxidation sites excluding steroid dienone is 1. The van der Waals surface area contributed by atoms with Crippen LogP contribution < -0.4 is 10.6 Å². The predicted octanol–water partition coefficient (Wildman–Crippen LogP) is 8.01. The van der Waals surface area contributed by atoms with E-state index in [1.54, 1.807) is 0 Å². The zero-order chi connectivity index (χ0) is 29.3. The lowest BCUT2D eigenvalue weighted by Gasteiger charge is -2.20. The van der Waals surface area contributed by atoms with Crippen molar-refractivity contribution in [2.75, 3.05) is 24.2 Å². The average molecular weight is 616 g/mol. The predicted molar refractivity (Wildman–Crippen MR) is 135 cm³/mol. The van der Waals surface area contributed by atoms with E-state index < -0.39 is 58.7 Å². The maximum absolute atomic E-state index is 15.0. The van der Waals surface area contributed by atoms with E-state index in [2.05, 4.69) is 9.97 Å². The Morgan fingerprint density at radius 3 is 2.10 bits per heavy atom. The third kappa shape index (κ3) is 7.31. The number of nitrogens with two attached hydrogens (primary N) is 1. The van der Waals surface area contributed by atoms with Gasteiger partial charge in [0.1, 0.15) is 11.7 Å². The second kappa shape index (κ2) is 11.6. The molecule has 0 aliphatic carbocycles. The van der Waals surface area contributed by atoms with Gasteiger partial charge in [-0.3, -0.25) is 4.79 Å². The molecule has 0 spiro atoms. The summed E-state index contributed by atoms with van der Waals surface area (Å²) >= 11 is 17.3. The highest BCUT2D eigenvalue weighted by Gasteiger charge is 2.41. The number of Topliss-reactive ketones (excluding diaryl/α,β-unsaturated/α-hetero) is 1. The van der Waals surface area contributed by atoms with Gasteiger partial charge in [0.2, 0.25) is 5.95 Å². The van der Waals surface area contributed by atoms with E-state index in [1.165, 1.54) is 19.4 Å². The Morgan fingerprint density at radius 2 is 1.59 bits per heavy atom. The molecule has 5 nitrogen and oxygen atoms in total. The van der Waals surface area contributed by atoms with Gasteiger partial charge in [0.25, 0.3) is 0 Å². The summed E-state index contributed by atoms with van der Waals surface area (Å²) in [6, 6.07) is 3.35. The van der Waals surface area contributed by atoms with Gasteiger partial charge < -0.3 is 10.6 Å². The quantitative estimate of drug-likeness (QED) is 0.166. The van der Waals surface area contributed by atoms with Gasteiger partial charge in [0.05, 0.1) is 45.3 Å². The van der Waals surface area contributed by atoms with Crippen molar-refractivity contribution in [1.82, 2.24) is 9.97 Å². The van der Waals surface area contributed by atoms with Crippen molar-refractivity contribution >= 4 is 58.0 Å². The highest BCUT2D eigenvalue weighted by molar-refractivity contribution is 6.48. The van der Waals surface area contributed by atoms with Crippen LogP contribution in [0.15, 0.2) is 48.8 Å². The monoisotopic (exact) mass is 614 g/mol. The fourth-order valence-electron chi connectivity index (χ4n) is 3.45. The van der Waals surface area contributed by atoms with E-state index >= 15 is 4.39 Å². The van der Waals surface area contributed by atoms with Gasteiger partial charge in [0.15, 0.2) is 5.78 Å². The normalized spacial score (nSPS) is 13.4. The van der Waals surface area contributed by atoms with Crippen LogP contribution in [0.3, 0.4) is 0 Å². The largest absolute Gasteiger partial charge is 0.417 e. The molecule has 3 rings (SSSR count). The molecule has 1 aromatic heterocycles. The topological polar surface area (TPSA) is 72.1 Å². The summed E-state index contributed by atoms with van der Waals surface area (Å²) in [6.07, 6.45) is -7.67. The summed E-state index contributed by atoms with van der Waals surface area (Å²) in [5.74, 6) is -5.29. The Labute approximate surface area is 232 Å². The first-order valence-electron chi connectivity index (χ1n) is 10.6. The van der Waals surface area contributed by atoms with E-state index in [0.717, 1.165) is 23.1 Å². The average Bonchev–Trinajstić information content (AvgIpc) is 2.84. The minimum Gasteiger partial charge on any atom is -0.396 e. The highest BCUT2D eigenvalue weighted by atomic mass is 35.5. The zero-order valence-electron chi connectivity index (χ0n) is 19.5. The molecule has 1 unspecified atom stereocenters. The number of anilines is 2. The van der Waals surface area contributed by atoms with Crippen molar-refractivity contribution < 1.29 is 35.5 Å². The highest BCUT2D eigenvalue weighted by Crippen LogP contribution is 2.43. The molecule has 0 saturated carbocycles. The zero-order valence-corrected chi connectivity index (χ0v) is 21.8. The smallest absolute Gasteiger partial charge is 0.396 e. The Kier molecular flexibility index (Phi) is 9.03. The second-order valence-electron chi connectivity index (χ2n) is 8.19. The molecule has 1 heterocycles. The number of benzene rings is 2. The SMILES string of the molecule is CN(CC(=O)c1ccc(/C(F)=C/C(c2cc(Cl)c(Cl)c(Cl)c2)C(F)(F)F)cc1C(F)(F)F)c1ncc(N)cn1. The molecule has 1 atom stereocenters. The van der Waals surface area contributed by atoms with Gasteiger partial charge >= 0.3 is 12.4 Å². The molecule has 0 aliphatic heterocycles. The Morgan fingerprint density at radius 1 is 1.03 bits per heavy atom. The Balaban J connectivity index is 2.00. The molecule has 15 heteroatoms. The molecule has 0 aliphatic rings. The number of hydrogen-bond acceptors (Lipinski definition) is 5. The van der Waals surface area contributed by atoms with Crippen LogP contribution in [0.25, 0.3) is 5.83 Å². The summed E-state index contributed by atoms with van der Waals surface area (Å²) in [7, 11) is 1.35. The summed E-state index contributed by atoms with van der Waals surface area (Å²) in [4.78, 5) is 21.6. The van der Waals surface area contributed by atoms with Crippen LogP contribution in [-0.2, 0) is 6.18 Å². The van der Waals surface area contributed by atoms with Crippen LogP contribution >= 0.6 is 34.8 Å². The third-order valence-corrected chi connectivity index (χ3v) is 6.51. The number of likely N-dealkylation sites (N-methyl/N-ethyl adjacent to an activating group) is 1. The van der Waals surface area contributed by atoms with Gasteiger partial charge in [-0.2, -0.15) is 26.3 Å². The number of carbonyl (C=O) groups excluding carboxylic acids is 1. The Hall–Kier alpha value is -3.09. The van der Waals surface area contributed by atoms with Crippen molar-refractivity contribution in [2.24, 2.45) is 0 Å². The summed E-state index contributed by atoms with van der Waals surface area (Å²) in [5, 5.41) is -0.895. The second-order valence-corrected chi connectivity index (χ2v) is 9.38. The lowest BCUT2D eigenvalue weighted by molar-refractivity contribution is -0.140. The van der Waals surface area contributed by atoms with Crippen LogP contribution in [0.1, 0.15) is 33.0 Å². The summed E-state index contributed by atoms with van der Waals surface area (Å²) in [6.45, 7) is -0.598. The fourth-order valence-corrected chi connectivity index (χ4v) is 4.06. The molecule has 0 amide bonds. The van der Waals surface area contributed by atoms with E-state index in [4.69, 9.17) is 40.5 Å². The first kappa shape index (κ1) is 30.5. The van der Waals surface area contributed by atoms with E-state index in [9.17, 15) is 31.1 Å². The number of carbonyl (C=O) groups is 1. The fraction of sp³-hybridized carbons (Fsp3) is 0.208. The summed E-state index contributed by atoms with van der Waals surface area (Å²) < 4.78 is 97.9. The molecule has 0 radical (unpaired) electrons. The van der Waals surface area contributed by atoms with Crippen molar-refractivity contribution in [2.45, 2.75) is 18.3 Å². The van der Waals surface area contributed by atoms with Crippen LogP contribution in [-0.4, -0.2) is 35.5 Å². The maximum atomic E-state index is 15.0. The molecule has 0 saturated heterocycles. The van der Waals surface area contributed by atoms with Crippen molar-refractivity contribution in [3.63, 3.8) is 0 Å². The lowest BCUT2D eigenvalue weighted by Crippen LogP contribution is -2.28. The molecule has 0 bridgehead atoms. The molecule has 0 fully saturated rings. The van der Waals surface area contributed by atoms with Crippen LogP contribution in [0.5, 0.6) is 0 Å². The number of aromatic nitrogens is 2. The van der Waals surface area contributed by atoms with E-state index in [-0.39, 0.29) is 38.8 Å². The van der Waals surface area contributed by atoms with E-state index in [0.29, 0.717) is 6.07 Å². The number of alkyl halides is 6. The first-order chi connectivity index (χ1) is 18.0. The molecular weight excluding hydrogens is 600 g/mol. The minimum absolute atomic E-state index is 0.00250. The molecule has 39 heavy (non-hydrogen) atoms. The first-order valence-corrected chi connectivity index (χ1v) is 11.7. The molecule has 3 aromatic rings. The number of nitrogen functional groups attached to an aromatic ring is 1. The number of rotatable bonds is 7. The van der Waals surface area contributed by atoms with Gasteiger partial charge in [-0.1, -0.05) is 46.9 Å². The molecule has 2 aromatic carbocycles. The van der Waals surface area contributed by atoms with Crippen molar-refractivity contribution in [1.29, 1.82) is 0 Å². The number of ketones is 1. The van der Waals surface area contributed by atoms with Crippen LogP contribution in [0, 0.1) is 0 Å². The van der Waals surface area contributed by atoms with Crippen LogP contribution in [0.2, 0.25) is 15.1 Å². The van der Waals surface area contributed by atoms with Crippen molar-refractivity contribution in [3.8, 4) is 0 Å². The standard InChI is InChI=1S/C24H16Cl3F7N4O/c1-38(22-36-8-13(35)9-37-22)10-20(39)14-3-2-11(4-16(14)24(32,33)34)19(28)7-15(23(29,30)31)12-5-17(25)21(27)18(26)6-12/h2-9,15H,10,35H2,1H3/b19-7-. The van der Waals surface area contributed by atoms with Gasteiger partial charge in [-0.25, -0.2) is 14.4 Å². The molecule has 208 valence electrons. The van der Waals surface area contributed by atoms with Gasteiger partial charge in [-0.15, -0.1) is 0 Å².